The van der Waals surface area contributed by atoms with Crippen LogP contribution in [-0.2, 0) is 0 Å². The average molecular weight is 150 g/mol. The molecule has 1 fully saturated rings. The molecule has 0 aliphatic carbocycles. The molecule has 60 valence electrons. The van der Waals surface area contributed by atoms with Gasteiger partial charge in [-0.25, -0.2) is 8.78 Å². The zero-order valence-electron chi connectivity index (χ0n) is 5.69. The second-order valence-electron chi connectivity index (χ2n) is 2.66. The van der Waals surface area contributed by atoms with E-state index in [1.54, 1.807) is 0 Å². The Kier molecular flexibility index (Phi) is 2.56. The molecule has 0 saturated carbocycles. The van der Waals surface area contributed by atoms with Crippen molar-refractivity contribution in [2.24, 2.45) is 5.73 Å². The van der Waals surface area contributed by atoms with Crippen LogP contribution in [0.3, 0.4) is 0 Å². The van der Waals surface area contributed by atoms with E-state index in [0.717, 1.165) is 0 Å². The van der Waals surface area contributed by atoms with Gasteiger partial charge in [-0.15, -0.1) is 0 Å². The van der Waals surface area contributed by atoms with Crippen LogP contribution in [0.5, 0.6) is 0 Å². The molecule has 3 atom stereocenters. The van der Waals surface area contributed by atoms with Crippen LogP contribution in [0.1, 0.15) is 12.8 Å². The Labute approximate surface area is 58.8 Å². The summed E-state index contributed by atoms with van der Waals surface area (Å²) < 4.78 is 25.0. The highest BCUT2D eigenvalue weighted by Crippen LogP contribution is 2.12. The van der Waals surface area contributed by atoms with Crippen LogP contribution in [0, 0.1) is 0 Å². The summed E-state index contributed by atoms with van der Waals surface area (Å²) in [4.78, 5) is 0. The Bertz CT molecular complexity index is 97.9. The molecular formula is C6H12F2N2. The second-order valence-corrected chi connectivity index (χ2v) is 2.66. The molecular weight excluding hydrogens is 138 g/mol. The largest absolute Gasteiger partial charge is 0.327 e. The topological polar surface area (TPSA) is 38.0 Å². The first kappa shape index (κ1) is 7.88. The first-order valence-electron chi connectivity index (χ1n) is 3.47. The maximum Gasteiger partial charge on any atom is 0.182 e. The summed E-state index contributed by atoms with van der Waals surface area (Å²) in [5.41, 5.74) is 5.46. The molecule has 0 amide bonds. The van der Waals surface area contributed by atoms with Crippen molar-refractivity contribution in [2.45, 2.75) is 31.4 Å². The second kappa shape index (κ2) is 3.25. The lowest BCUT2D eigenvalue weighted by Gasteiger charge is -2.08. The van der Waals surface area contributed by atoms with Gasteiger partial charge < -0.3 is 5.73 Å². The summed E-state index contributed by atoms with van der Waals surface area (Å²) in [6.45, 7) is 0.377. The van der Waals surface area contributed by atoms with Crippen LogP contribution in [0.15, 0.2) is 0 Å². The number of hydrogen-bond acceptors (Lipinski definition) is 2. The number of nitrogens with two attached hydrogens (primary N) is 1. The van der Waals surface area contributed by atoms with E-state index < -0.39 is 12.5 Å². The molecule has 1 rings (SSSR count). The van der Waals surface area contributed by atoms with Crippen molar-refractivity contribution in [3.05, 3.63) is 0 Å². The Hall–Kier alpha value is -0.220. The van der Waals surface area contributed by atoms with Crippen molar-refractivity contribution in [3.8, 4) is 0 Å². The van der Waals surface area contributed by atoms with Gasteiger partial charge in [0.2, 0.25) is 0 Å². The van der Waals surface area contributed by atoms with Crippen molar-refractivity contribution in [2.75, 3.05) is 6.54 Å². The standard InChI is InChI=1S/C6H12F2N2/c7-5-2-1-4(9)3-10-6(5)8/h4-6,10H,1-3,9H2. The molecule has 1 aliphatic heterocycles. The maximum atomic E-state index is 12.5. The highest BCUT2D eigenvalue weighted by atomic mass is 19.2. The molecule has 1 saturated heterocycles. The van der Waals surface area contributed by atoms with Crippen LogP contribution in [-0.4, -0.2) is 25.1 Å². The van der Waals surface area contributed by atoms with E-state index in [4.69, 9.17) is 5.73 Å². The van der Waals surface area contributed by atoms with E-state index in [1.807, 2.05) is 0 Å². The fraction of sp³-hybridized carbons (Fsp3) is 1.00. The van der Waals surface area contributed by atoms with Crippen molar-refractivity contribution >= 4 is 0 Å². The third-order valence-electron chi connectivity index (χ3n) is 1.71. The molecule has 0 aromatic carbocycles. The van der Waals surface area contributed by atoms with Gasteiger partial charge >= 0.3 is 0 Å². The maximum absolute atomic E-state index is 12.5. The number of hydrogen-bond donors (Lipinski definition) is 2. The van der Waals surface area contributed by atoms with Gasteiger partial charge in [-0.05, 0) is 12.8 Å². The van der Waals surface area contributed by atoms with Crippen LogP contribution in [0.2, 0.25) is 0 Å². The van der Waals surface area contributed by atoms with Crippen LogP contribution >= 0.6 is 0 Å². The van der Waals surface area contributed by atoms with Gasteiger partial charge in [0, 0.05) is 12.6 Å². The van der Waals surface area contributed by atoms with E-state index >= 15 is 0 Å². The lowest BCUT2D eigenvalue weighted by atomic mass is 10.1. The van der Waals surface area contributed by atoms with Crippen molar-refractivity contribution < 1.29 is 8.78 Å². The summed E-state index contributed by atoms with van der Waals surface area (Å²) in [6.07, 6.45) is -2.11. The van der Waals surface area contributed by atoms with E-state index in [0.29, 0.717) is 13.0 Å². The lowest BCUT2D eigenvalue weighted by Crippen LogP contribution is -2.37. The minimum absolute atomic E-state index is 0.0981. The van der Waals surface area contributed by atoms with Crippen molar-refractivity contribution in [1.29, 1.82) is 0 Å². The van der Waals surface area contributed by atoms with E-state index in [2.05, 4.69) is 5.32 Å². The fourth-order valence-corrected chi connectivity index (χ4v) is 1.01. The van der Waals surface area contributed by atoms with Gasteiger partial charge in [0.25, 0.3) is 0 Å². The third kappa shape index (κ3) is 1.88. The van der Waals surface area contributed by atoms with Crippen LogP contribution in [0.25, 0.3) is 0 Å². The Balaban J connectivity index is 2.38. The molecule has 0 bridgehead atoms. The minimum atomic E-state index is -1.52. The monoisotopic (exact) mass is 150 g/mol. The average Bonchev–Trinajstić information content (AvgIpc) is 2.04. The Morgan fingerprint density at radius 3 is 2.70 bits per heavy atom. The highest BCUT2D eigenvalue weighted by Gasteiger charge is 2.24. The molecule has 0 spiro atoms. The van der Waals surface area contributed by atoms with Crippen molar-refractivity contribution in [3.63, 3.8) is 0 Å². The number of halogens is 2. The quantitative estimate of drug-likeness (QED) is 0.488. The number of rotatable bonds is 0. The fourth-order valence-electron chi connectivity index (χ4n) is 1.01. The van der Waals surface area contributed by atoms with E-state index in [9.17, 15) is 8.78 Å². The smallest absolute Gasteiger partial charge is 0.182 e. The first-order chi connectivity index (χ1) is 4.70. The molecule has 0 aromatic heterocycles. The SMILES string of the molecule is NC1CCC(F)C(F)NC1. The van der Waals surface area contributed by atoms with E-state index in [1.165, 1.54) is 0 Å². The van der Waals surface area contributed by atoms with Gasteiger partial charge in [0.1, 0.15) is 6.17 Å². The van der Waals surface area contributed by atoms with Crippen LogP contribution < -0.4 is 11.1 Å². The highest BCUT2D eigenvalue weighted by molar-refractivity contribution is 4.77. The molecule has 1 aliphatic rings. The molecule has 4 heteroatoms. The molecule has 3 unspecified atom stereocenters. The van der Waals surface area contributed by atoms with Gasteiger partial charge in [-0.3, -0.25) is 5.32 Å². The molecule has 0 radical (unpaired) electrons. The van der Waals surface area contributed by atoms with Gasteiger partial charge in [0.15, 0.2) is 6.30 Å². The lowest BCUT2D eigenvalue weighted by molar-refractivity contribution is 0.139. The van der Waals surface area contributed by atoms with E-state index in [-0.39, 0.29) is 12.5 Å². The van der Waals surface area contributed by atoms with Crippen molar-refractivity contribution in [1.82, 2.24) is 5.32 Å². The predicted molar refractivity (Wildman–Crippen MR) is 35.0 cm³/mol. The summed E-state index contributed by atoms with van der Waals surface area (Å²) in [7, 11) is 0. The summed E-state index contributed by atoms with van der Waals surface area (Å²) in [5.74, 6) is 0. The van der Waals surface area contributed by atoms with Gasteiger partial charge in [-0.2, -0.15) is 0 Å². The summed E-state index contributed by atoms with van der Waals surface area (Å²) in [5, 5.41) is 2.38. The molecule has 3 N–H and O–H groups in total. The van der Waals surface area contributed by atoms with Gasteiger partial charge in [-0.1, -0.05) is 0 Å². The molecule has 0 aromatic rings. The molecule has 2 nitrogen and oxygen atoms in total. The Morgan fingerprint density at radius 1 is 1.30 bits per heavy atom. The number of alkyl halides is 2. The molecule has 1 heterocycles. The predicted octanol–water partition coefficient (Wildman–Crippen LogP) is 0.331. The zero-order chi connectivity index (χ0) is 7.56. The minimum Gasteiger partial charge on any atom is -0.327 e. The van der Waals surface area contributed by atoms with Crippen LogP contribution in [0.4, 0.5) is 8.78 Å². The first-order valence-corrected chi connectivity index (χ1v) is 3.47. The summed E-state index contributed by atoms with van der Waals surface area (Å²) in [6, 6.07) is -0.0981. The third-order valence-corrected chi connectivity index (χ3v) is 1.71. The zero-order valence-corrected chi connectivity index (χ0v) is 5.69. The number of nitrogens with one attached hydrogen (secondary N) is 1. The van der Waals surface area contributed by atoms with Gasteiger partial charge in [0.05, 0.1) is 0 Å². The summed E-state index contributed by atoms with van der Waals surface area (Å²) >= 11 is 0. The normalized spacial score (nSPS) is 42.9. The molecule has 10 heavy (non-hydrogen) atoms. The Morgan fingerprint density at radius 2 is 2.00 bits per heavy atom.